The number of fused-ring (bicyclic) bond motifs is 2. The van der Waals surface area contributed by atoms with Crippen LogP contribution in [-0.4, -0.2) is 17.3 Å². The van der Waals surface area contributed by atoms with Crippen LogP contribution in [0.25, 0.3) is 0 Å². The summed E-state index contributed by atoms with van der Waals surface area (Å²) in [5.41, 5.74) is 3.80. The van der Waals surface area contributed by atoms with E-state index in [4.69, 9.17) is 0 Å². The van der Waals surface area contributed by atoms with Crippen molar-refractivity contribution in [2.75, 3.05) is 0 Å². The van der Waals surface area contributed by atoms with E-state index in [0.29, 0.717) is 18.6 Å². The molecule has 2 aromatic rings. The average Bonchev–Trinajstić information content (AvgIpc) is 3.18. The normalized spacial score (nSPS) is 24.9. The van der Waals surface area contributed by atoms with E-state index in [-0.39, 0.29) is 22.9 Å². The van der Waals surface area contributed by atoms with Crippen LogP contribution in [0.2, 0.25) is 0 Å². The molecule has 0 radical (unpaired) electrons. The fourth-order valence-electron chi connectivity index (χ4n) is 4.83. The molecule has 0 heterocycles. The molecular weight excluding hydrogens is 496 g/mol. The van der Waals surface area contributed by atoms with E-state index >= 15 is 0 Å². The van der Waals surface area contributed by atoms with Crippen LogP contribution in [0.15, 0.2) is 45.3 Å². The molecule has 3 nitrogen and oxygen atoms in total. The van der Waals surface area contributed by atoms with Crippen LogP contribution < -0.4 is 0 Å². The number of carbonyl (C=O) groups excluding carboxylic acids is 3. The van der Waals surface area contributed by atoms with Gasteiger partial charge in [0.15, 0.2) is 11.6 Å². The first kappa shape index (κ1) is 20.7. The van der Waals surface area contributed by atoms with Gasteiger partial charge in [0.2, 0.25) is 0 Å². The van der Waals surface area contributed by atoms with Gasteiger partial charge in [-0.3, -0.25) is 14.4 Å². The van der Waals surface area contributed by atoms with E-state index in [1.54, 1.807) is 0 Å². The standard InChI is InChI=1S/C15H15BrO2.C9H7BrO/c1-9-7-15(5-4-13(9)17)8-10-2-3-11(16)6-12(10)14(15)18;10-7-3-1-6-2-4-9(11)8(6)5-7/h2-3,6,9H,4-5,7-8H2,1H3;1,3,5H,2,4H2/t9-,15?;/m0./s1. The van der Waals surface area contributed by atoms with Crippen molar-refractivity contribution in [2.45, 2.75) is 45.4 Å². The number of ketones is 3. The van der Waals surface area contributed by atoms with E-state index < -0.39 is 0 Å². The van der Waals surface area contributed by atoms with Crippen molar-refractivity contribution in [1.82, 2.24) is 0 Å². The van der Waals surface area contributed by atoms with E-state index in [1.165, 1.54) is 5.56 Å². The smallest absolute Gasteiger partial charge is 0.169 e. The highest BCUT2D eigenvalue weighted by Crippen LogP contribution is 2.48. The SMILES string of the molecule is C[C@H]1CC2(CCC1=O)Cc1ccc(Br)cc1C2=O.O=C1CCc2ccc(Br)cc21. The van der Waals surface area contributed by atoms with Crippen molar-refractivity contribution in [3.05, 3.63) is 67.6 Å². The number of aryl methyl sites for hydroxylation is 1. The Balaban J connectivity index is 0.000000159. The highest BCUT2D eigenvalue weighted by Gasteiger charge is 2.49. The Kier molecular flexibility index (Phi) is 5.64. The van der Waals surface area contributed by atoms with Crippen LogP contribution in [0.3, 0.4) is 0 Å². The monoisotopic (exact) mass is 516 g/mol. The molecular formula is C24H22Br2O3. The third-order valence-electron chi connectivity index (χ3n) is 6.42. The Hall–Kier alpha value is -1.59. The fourth-order valence-corrected chi connectivity index (χ4v) is 5.55. The molecule has 0 N–H and O–H groups in total. The first-order valence-corrected chi connectivity index (χ1v) is 11.6. The van der Waals surface area contributed by atoms with Crippen LogP contribution in [0.5, 0.6) is 0 Å². The second kappa shape index (κ2) is 7.92. The molecule has 0 bridgehead atoms. The zero-order valence-electron chi connectivity index (χ0n) is 16.3. The van der Waals surface area contributed by atoms with Gasteiger partial charge in [-0.15, -0.1) is 0 Å². The van der Waals surface area contributed by atoms with E-state index in [2.05, 4.69) is 31.9 Å². The molecule has 1 spiro atoms. The van der Waals surface area contributed by atoms with Crippen LogP contribution in [-0.2, 0) is 17.6 Å². The highest BCUT2D eigenvalue weighted by atomic mass is 79.9. The molecule has 5 heteroatoms. The Bertz CT molecular complexity index is 1030. The lowest BCUT2D eigenvalue weighted by Crippen LogP contribution is -2.37. The molecule has 29 heavy (non-hydrogen) atoms. The van der Waals surface area contributed by atoms with E-state index in [9.17, 15) is 14.4 Å². The minimum absolute atomic E-state index is 0.0282. The average molecular weight is 518 g/mol. The number of hydrogen-bond donors (Lipinski definition) is 0. The Morgan fingerprint density at radius 1 is 0.862 bits per heavy atom. The van der Waals surface area contributed by atoms with Crippen molar-refractivity contribution in [2.24, 2.45) is 11.3 Å². The van der Waals surface area contributed by atoms with Gasteiger partial charge in [-0.2, -0.15) is 0 Å². The van der Waals surface area contributed by atoms with Crippen LogP contribution in [0.4, 0.5) is 0 Å². The van der Waals surface area contributed by atoms with Gasteiger partial charge in [0, 0.05) is 44.2 Å². The van der Waals surface area contributed by atoms with Gasteiger partial charge < -0.3 is 0 Å². The Morgan fingerprint density at radius 2 is 1.52 bits per heavy atom. The fraction of sp³-hybridized carbons (Fsp3) is 0.375. The lowest BCUT2D eigenvalue weighted by molar-refractivity contribution is -0.125. The molecule has 0 amide bonds. The second-order valence-electron chi connectivity index (χ2n) is 8.38. The minimum atomic E-state index is -0.295. The lowest BCUT2D eigenvalue weighted by atomic mass is 9.67. The molecule has 2 aromatic carbocycles. The van der Waals surface area contributed by atoms with Crippen molar-refractivity contribution < 1.29 is 14.4 Å². The summed E-state index contributed by atoms with van der Waals surface area (Å²) in [6.07, 6.45) is 4.42. The zero-order valence-corrected chi connectivity index (χ0v) is 19.4. The molecule has 1 unspecified atom stereocenters. The predicted octanol–water partition coefficient (Wildman–Crippen LogP) is 6.14. The Labute approximate surface area is 187 Å². The van der Waals surface area contributed by atoms with Crippen LogP contribution >= 0.6 is 31.9 Å². The summed E-state index contributed by atoms with van der Waals surface area (Å²) in [4.78, 5) is 35.5. The number of halogens is 2. The lowest BCUT2D eigenvalue weighted by Gasteiger charge is -2.34. The topological polar surface area (TPSA) is 51.2 Å². The molecule has 0 saturated heterocycles. The summed E-state index contributed by atoms with van der Waals surface area (Å²) in [5, 5.41) is 0. The first-order valence-electron chi connectivity index (χ1n) is 9.97. The van der Waals surface area contributed by atoms with Crippen molar-refractivity contribution in [3.8, 4) is 0 Å². The number of carbonyl (C=O) groups is 3. The molecule has 1 fully saturated rings. The number of Topliss-reactive ketones (excluding diaryl/α,β-unsaturated/α-hetero) is 3. The molecule has 3 aliphatic rings. The quantitative estimate of drug-likeness (QED) is 0.421. The van der Waals surface area contributed by atoms with E-state index in [0.717, 1.165) is 51.3 Å². The summed E-state index contributed by atoms with van der Waals surface area (Å²) in [6.45, 7) is 1.95. The molecule has 2 atom stereocenters. The van der Waals surface area contributed by atoms with Crippen LogP contribution in [0.1, 0.15) is 64.4 Å². The van der Waals surface area contributed by atoms with Gasteiger partial charge in [0.05, 0.1) is 0 Å². The van der Waals surface area contributed by atoms with Gasteiger partial charge in [-0.1, -0.05) is 50.9 Å². The number of rotatable bonds is 0. The van der Waals surface area contributed by atoms with Gasteiger partial charge in [-0.25, -0.2) is 0 Å². The third kappa shape index (κ3) is 3.91. The molecule has 3 aliphatic carbocycles. The maximum atomic E-state index is 12.6. The molecule has 0 aliphatic heterocycles. The van der Waals surface area contributed by atoms with E-state index in [1.807, 2.05) is 43.3 Å². The molecule has 1 saturated carbocycles. The molecule has 0 aromatic heterocycles. The Morgan fingerprint density at radius 3 is 2.21 bits per heavy atom. The summed E-state index contributed by atoms with van der Waals surface area (Å²) in [7, 11) is 0. The third-order valence-corrected chi connectivity index (χ3v) is 7.40. The largest absolute Gasteiger partial charge is 0.299 e. The number of benzene rings is 2. The van der Waals surface area contributed by atoms with Gasteiger partial charge in [0.25, 0.3) is 0 Å². The van der Waals surface area contributed by atoms with Gasteiger partial charge >= 0.3 is 0 Å². The van der Waals surface area contributed by atoms with Gasteiger partial charge in [-0.05, 0) is 61.1 Å². The zero-order chi connectivity index (χ0) is 20.8. The van der Waals surface area contributed by atoms with Crippen molar-refractivity contribution in [3.63, 3.8) is 0 Å². The molecule has 150 valence electrons. The maximum Gasteiger partial charge on any atom is 0.169 e. The maximum absolute atomic E-state index is 12.6. The summed E-state index contributed by atoms with van der Waals surface area (Å²) in [5.74, 6) is 0.866. The second-order valence-corrected chi connectivity index (χ2v) is 10.2. The predicted molar refractivity (Wildman–Crippen MR) is 119 cm³/mol. The van der Waals surface area contributed by atoms with Gasteiger partial charge in [0.1, 0.15) is 5.78 Å². The highest BCUT2D eigenvalue weighted by molar-refractivity contribution is 9.10. The first-order chi connectivity index (χ1) is 13.8. The van der Waals surface area contributed by atoms with Crippen molar-refractivity contribution >= 4 is 49.2 Å². The minimum Gasteiger partial charge on any atom is -0.299 e. The van der Waals surface area contributed by atoms with Crippen LogP contribution in [0, 0.1) is 11.3 Å². The number of hydrogen-bond acceptors (Lipinski definition) is 3. The summed E-state index contributed by atoms with van der Waals surface area (Å²) < 4.78 is 1.94. The summed E-state index contributed by atoms with van der Waals surface area (Å²) >= 11 is 6.76. The summed E-state index contributed by atoms with van der Waals surface area (Å²) in [6, 6.07) is 11.9. The van der Waals surface area contributed by atoms with Crippen molar-refractivity contribution in [1.29, 1.82) is 0 Å². The molecule has 5 rings (SSSR count).